The molecule has 0 atom stereocenters. The molecule has 0 bridgehead atoms. The Hall–Kier alpha value is -0.820. The molecule has 0 aliphatic carbocycles. The number of hydrogen-bond donors (Lipinski definition) is 2. The number of methoxy groups -OCH3 is 1. The summed E-state index contributed by atoms with van der Waals surface area (Å²) < 4.78 is 30.8. The topological polar surface area (TPSA) is 81.4 Å². The zero-order chi connectivity index (χ0) is 12.0. The fourth-order valence-corrected chi connectivity index (χ4v) is 2.32. The Morgan fingerprint density at radius 3 is 2.71 bits per heavy atom. The van der Waals surface area contributed by atoms with E-state index in [2.05, 4.69) is 4.72 Å². The highest BCUT2D eigenvalue weighted by molar-refractivity contribution is 7.89. The lowest BCUT2D eigenvalue weighted by Crippen LogP contribution is -2.25. The Bertz CT molecular complexity index is 437. The lowest BCUT2D eigenvalue weighted by molar-refractivity contribution is 0.196. The Balaban J connectivity index is 0.00000256. The third-order valence-electron chi connectivity index (χ3n) is 1.99. The van der Waals surface area contributed by atoms with Crippen LogP contribution in [0.2, 0.25) is 0 Å². The highest BCUT2D eigenvalue weighted by Crippen LogP contribution is 2.12. The molecular weight excluding hydrogens is 264 g/mol. The summed E-state index contributed by atoms with van der Waals surface area (Å²) in [4.78, 5) is 0.185. The van der Waals surface area contributed by atoms with Crippen molar-refractivity contribution in [3.8, 4) is 0 Å². The SMILES string of the molecule is COCCCNS(=O)(=O)c1cccc(N)c1.Cl. The molecule has 1 aromatic rings. The van der Waals surface area contributed by atoms with Crippen molar-refractivity contribution in [2.24, 2.45) is 0 Å². The van der Waals surface area contributed by atoms with Gasteiger partial charge >= 0.3 is 0 Å². The second-order valence-electron chi connectivity index (χ2n) is 3.32. The van der Waals surface area contributed by atoms with Gasteiger partial charge in [-0.05, 0) is 24.6 Å². The van der Waals surface area contributed by atoms with Crippen molar-refractivity contribution in [2.75, 3.05) is 26.0 Å². The summed E-state index contributed by atoms with van der Waals surface area (Å²) in [5, 5.41) is 0. The molecule has 0 aliphatic rings. The van der Waals surface area contributed by atoms with Gasteiger partial charge in [0.1, 0.15) is 0 Å². The number of nitrogens with two attached hydrogens (primary N) is 1. The summed E-state index contributed by atoms with van der Waals surface area (Å²) >= 11 is 0. The van der Waals surface area contributed by atoms with Crippen molar-refractivity contribution < 1.29 is 13.2 Å². The normalized spacial score (nSPS) is 10.9. The molecule has 0 radical (unpaired) electrons. The van der Waals surface area contributed by atoms with Crippen molar-refractivity contribution in [3.63, 3.8) is 0 Å². The van der Waals surface area contributed by atoms with Gasteiger partial charge < -0.3 is 10.5 Å². The number of ether oxygens (including phenoxy) is 1. The van der Waals surface area contributed by atoms with Crippen molar-refractivity contribution in [1.29, 1.82) is 0 Å². The van der Waals surface area contributed by atoms with E-state index in [0.29, 0.717) is 25.3 Å². The molecule has 0 fully saturated rings. The van der Waals surface area contributed by atoms with E-state index in [0.717, 1.165) is 0 Å². The fourth-order valence-electron chi connectivity index (χ4n) is 1.19. The number of nitrogens with one attached hydrogen (secondary N) is 1. The van der Waals surface area contributed by atoms with E-state index in [1.807, 2.05) is 0 Å². The standard InChI is InChI=1S/C10H16N2O3S.ClH/c1-15-7-3-6-12-16(13,14)10-5-2-4-9(11)8-10;/h2,4-5,8,12H,3,6-7,11H2,1H3;1H. The van der Waals surface area contributed by atoms with Crippen LogP contribution < -0.4 is 10.5 Å². The van der Waals surface area contributed by atoms with E-state index in [-0.39, 0.29) is 17.3 Å². The zero-order valence-electron chi connectivity index (χ0n) is 9.55. The Morgan fingerprint density at radius 2 is 2.12 bits per heavy atom. The van der Waals surface area contributed by atoms with Crippen molar-refractivity contribution >= 4 is 28.1 Å². The maximum absolute atomic E-state index is 11.7. The highest BCUT2D eigenvalue weighted by Gasteiger charge is 2.12. The van der Waals surface area contributed by atoms with Gasteiger partial charge in [-0.2, -0.15) is 0 Å². The minimum atomic E-state index is -3.45. The second-order valence-corrected chi connectivity index (χ2v) is 5.08. The number of nitrogen functional groups attached to an aromatic ring is 1. The van der Waals surface area contributed by atoms with E-state index < -0.39 is 10.0 Å². The number of halogens is 1. The van der Waals surface area contributed by atoms with Crippen LogP contribution in [0.25, 0.3) is 0 Å². The smallest absolute Gasteiger partial charge is 0.240 e. The van der Waals surface area contributed by atoms with Crippen LogP contribution in [-0.2, 0) is 14.8 Å². The number of benzene rings is 1. The van der Waals surface area contributed by atoms with Gasteiger partial charge in [0.2, 0.25) is 10.0 Å². The van der Waals surface area contributed by atoms with Gasteiger partial charge in [-0.15, -0.1) is 12.4 Å². The first-order valence-electron chi connectivity index (χ1n) is 4.90. The molecule has 3 N–H and O–H groups in total. The molecule has 17 heavy (non-hydrogen) atoms. The number of sulfonamides is 1. The molecule has 0 aliphatic heterocycles. The minimum Gasteiger partial charge on any atom is -0.399 e. The quantitative estimate of drug-likeness (QED) is 0.602. The van der Waals surface area contributed by atoms with E-state index in [9.17, 15) is 8.42 Å². The van der Waals surface area contributed by atoms with E-state index >= 15 is 0 Å². The van der Waals surface area contributed by atoms with Gasteiger partial charge in [0.05, 0.1) is 4.90 Å². The number of anilines is 1. The maximum atomic E-state index is 11.7. The summed E-state index contributed by atoms with van der Waals surface area (Å²) in [6.45, 7) is 0.879. The third kappa shape index (κ3) is 5.36. The number of rotatable bonds is 6. The van der Waals surface area contributed by atoms with Gasteiger partial charge in [-0.25, -0.2) is 13.1 Å². The van der Waals surface area contributed by atoms with Crippen LogP contribution in [0.3, 0.4) is 0 Å². The average Bonchev–Trinajstić information content (AvgIpc) is 2.24. The van der Waals surface area contributed by atoms with Crippen LogP contribution in [0.4, 0.5) is 5.69 Å². The molecule has 0 heterocycles. The van der Waals surface area contributed by atoms with Crippen molar-refractivity contribution in [2.45, 2.75) is 11.3 Å². The van der Waals surface area contributed by atoms with E-state index in [4.69, 9.17) is 10.5 Å². The molecule has 0 aromatic heterocycles. The van der Waals surface area contributed by atoms with Gasteiger partial charge in [-0.1, -0.05) is 6.07 Å². The molecule has 7 heteroatoms. The van der Waals surface area contributed by atoms with Crippen LogP contribution in [0.1, 0.15) is 6.42 Å². The monoisotopic (exact) mass is 280 g/mol. The Labute approximate surface area is 108 Å². The molecule has 98 valence electrons. The third-order valence-corrected chi connectivity index (χ3v) is 3.44. The molecule has 0 unspecified atom stereocenters. The zero-order valence-corrected chi connectivity index (χ0v) is 11.2. The van der Waals surface area contributed by atoms with Crippen LogP contribution >= 0.6 is 12.4 Å². The first-order valence-corrected chi connectivity index (χ1v) is 6.39. The summed E-state index contributed by atoms with van der Waals surface area (Å²) in [6, 6.07) is 6.19. The maximum Gasteiger partial charge on any atom is 0.240 e. The Kier molecular flexibility index (Phi) is 7.13. The van der Waals surface area contributed by atoms with Crippen LogP contribution in [0, 0.1) is 0 Å². The molecule has 5 nitrogen and oxygen atoms in total. The van der Waals surface area contributed by atoms with Gasteiger partial charge in [0, 0.05) is 25.9 Å². The van der Waals surface area contributed by atoms with Gasteiger partial charge in [-0.3, -0.25) is 0 Å². The first kappa shape index (κ1) is 16.2. The lowest BCUT2D eigenvalue weighted by atomic mass is 10.3. The fraction of sp³-hybridized carbons (Fsp3) is 0.400. The van der Waals surface area contributed by atoms with E-state index in [1.54, 1.807) is 19.2 Å². The number of hydrogen-bond acceptors (Lipinski definition) is 4. The van der Waals surface area contributed by atoms with Crippen LogP contribution in [0.5, 0.6) is 0 Å². The lowest BCUT2D eigenvalue weighted by Gasteiger charge is -2.06. The summed E-state index contributed by atoms with van der Waals surface area (Å²) in [5.74, 6) is 0. The van der Waals surface area contributed by atoms with Gasteiger partial charge in [0.25, 0.3) is 0 Å². The first-order chi connectivity index (χ1) is 7.56. The van der Waals surface area contributed by atoms with Crippen LogP contribution in [-0.4, -0.2) is 28.7 Å². The summed E-state index contributed by atoms with van der Waals surface area (Å²) in [6.07, 6.45) is 0.637. The molecule has 1 rings (SSSR count). The Morgan fingerprint density at radius 1 is 1.41 bits per heavy atom. The molecule has 0 amide bonds. The molecule has 1 aromatic carbocycles. The van der Waals surface area contributed by atoms with Crippen LogP contribution in [0.15, 0.2) is 29.2 Å². The summed E-state index contributed by atoms with van der Waals surface area (Å²) in [5.41, 5.74) is 5.95. The van der Waals surface area contributed by atoms with E-state index in [1.165, 1.54) is 12.1 Å². The minimum absolute atomic E-state index is 0. The van der Waals surface area contributed by atoms with Gasteiger partial charge in [0.15, 0.2) is 0 Å². The molecule has 0 spiro atoms. The predicted molar refractivity (Wildman–Crippen MR) is 69.8 cm³/mol. The molecule has 0 saturated carbocycles. The average molecular weight is 281 g/mol. The largest absolute Gasteiger partial charge is 0.399 e. The second kappa shape index (κ2) is 7.50. The van der Waals surface area contributed by atoms with Crippen molar-refractivity contribution in [1.82, 2.24) is 4.72 Å². The highest BCUT2D eigenvalue weighted by atomic mass is 35.5. The van der Waals surface area contributed by atoms with Crippen molar-refractivity contribution in [3.05, 3.63) is 24.3 Å². The predicted octanol–water partition coefficient (Wildman–Crippen LogP) is 1.01. The molecular formula is C10H17ClN2O3S. The molecule has 0 saturated heterocycles. The summed E-state index contributed by atoms with van der Waals surface area (Å²) in [7, 11) is -1.87.